The minimum atomic E-state index is -1.20. The monoisotopic (exact) mass is 221 g/mol. The van der Waals surface area contributed by atoms with Gasteiger partial charge in [-0.1, -0.05) is 31.9 Å². The van der Waals surface area contributed by atoms with Gasteiger partial charge in [-0.25, -0.2) is 0 Å². The van der Waals surface area contributed by atoms with Crippen molar-refractivity contribution in [2.45, 2.75) is 39.0 Å². The lowest BCUT2D eigenvalue weighted by Crippen LogP contribution is -2.47. The third-order valence-corrected chi connectivity index (χ3v) is 2.95. The van der Waals surface area contributed by atoms with Crippen molar-refractivity contribution in [3.05, 3.63) is 24.3 Å². The number of hydrogen-bond donors (Lipinski definition) is 1. The lowest BCUT2D eigenvalue weighted by atomic mass is 10.2. The molecule has 3 nitrogen and oxygen atoms in total. The van der Waals surface area contributed by atoms with Gasteiger partial charge in [0.25, 0.3) is 5.91 Å². The number of nitrogens with zero attached hydrogens (tertiary/aromatic N) is 1. The van der Waals surface area contributed by atoms with E-state index < -0.39 is 5.91 Å². The van der Waals surface area contributed by atoms with Crippen molar-refractivity contribution in [1.82, 2.24) is 0 Å². The van der Waals surface area contributed by atoms with Gasteiger partial charge in [0.1, 0.15) is 5.75 Å². The van der Waals surface area contributed by atoms with E-state index in [1.807, 2.05) is 29.2 Å². The maximum atomic E-state index is 10.2. The fourth-order valence-electron chi connectivity index (χ4n) is 2.10. The van der Waals surface area contributed by atoms with E-state index in [2.05, 4.69) is 6.92 Å². The normalized spacial score (nSPS) is 23.1. The highest BCUT2D eigenvalue weighted by Crippen LogP contribution is 2.40. The predicted octanol–water partition coefficient (Wildman–Crippen LogP) is 2.74. The van der Waals surface area contributed by atoms with Gasteiger partial charge < -0.3 is 14.7 Å². The number of aliphatic hydroxyl groups is 1. The molecule has 3 heteroatoms. The molecule has 1 N–H and O–H groups in total. The summed E-state index contributed by atoms with van der Waals surface area (Å²) in [5, 5.41) is 10.2. The van der Waals surface area contributed by atoms with Gasteiger partial charge in [-0.15, -0.1) is 0 Å². The highest BCUT2D eigenvalue weighted by Gasteiger charge is 2.39. The van der Waals surface area contributed by atoms with Crippen molar-refractivity contribution in [2.75, 3.05) is 11.4 Å². The Bertz CT molecular complexity index is 363. The molecule has 0 aromatic heterocycles. The first kappa shape index (κ1) is 11.3. The van der Waals surface area contributed by atoms with E-state index in [-0.39, 0.29) is 0 Å². The molecule has 1 aliphatic heterocycles. The van der Waals surface area contributed by atoms with Gasteiger partial charge in [-0.05, 0) is 18.6 Å². The summed E-state index contributed by atoms with van der Waals surface area (Å²) in [6.45, 7) is 4.70. The standard InChI is InChI=1S/C13H19NO2/c1-3-4-7-10-14-11-8-5-6-9-12(11)16-13(14,2)15/h5-6,8-9,15H,3-4,7,10H2,1-2H3/t13-/m1/s1. The van der Waals surface area contributed by atoms with E-state index in [0.717, 1.165) is 24.4 Å². The van der Waals surface area contributed by atoms with Gasteiger partial charge in [-0.2, -0.15) is 0 Å². The first-order valence-corrected chi connectivity index (χ1v) is 5.93. The maximum absolute atomic E-state index is 10.2. The lowest BCUT2D eigenvalue weighted by Gasteiger charge is -2.29. The molecule has 0 bridgehead atoms. The van der Waals surface area contributed by atoms with Crippen LogP contribution in [0.3, 0.4) is 0 Å². The molecule has 1 aromatic carbocycles. The molecule has 0 amide bonds. The lowest BCUT2D eigenvalue weighted by molar-refractivity contribution is -0.107. The first-order chi connectivity index (χ1) is 7.65. The summed E-state index contributed by atoms with van der Waals surface area (Å²) < 4.78 is 5.52. The summed E-state index contributed by atoms with van der Waals surface area (Å²) in [6, 6.07) is 7.77. The Kier molecular flexibility index (Phi) is 3.06. The number of benzene rings is 1. The van der Waals surface area contributed by atoms with Gasteiger partial charge in [0, 0.05) is 13.5 Å². The second-order valence-corrected chi connectivity index (χ2v) is 4.36. The molecule has 0 radical (unpaired) electrons. The van der Waals surface area contributed by atoms with Gasteiger partial charge in [0.15, 0.2) is 0 Å². The third-order valence-electron chi connectivity index (χ3n) is 2.95. The van der Waals surface area contributed by atoms with Crippen molar-refractivity contribution >= 4 is 5.69 Å². The first-order valence-electron chi connectivity index (χ1n) is 5.93. The zero-order chi connectivity index (χ0) is 11.6. The number of anilines is 1. The molecule has 1 heterocycles. The van der Waals surface area contributed by atoms with E-state index in [9.17, 15) is 5.11 Å². The van der Waals surface area contributed by atoms with Gasteiger partial charge in [0.2, 0.25) is 0 Å². The number of unbranched alkanes of at least 4 members (excludes halogenated alkanes) is 2. The molecule has 1 atom stereocenters. The SMILES string of the molecule is CCCCCN1c2ccccc2O[C@@]1(C)O. The Morgan fingerprint density at radius 2 is 2.06 bits per heavy atom. The van der Waals surface area contributed by atoms with Crippen molar-refractivity contribution in [2.24, 2.45) is 0 Å². The second kappa shape index (κ2) is 4.34. The van der Waals surface area contributed by atoms with Gasteiger partial charge >= 0.3 is 0 Å². The van der Waals surface area contributed by atoms with Crippen LogP contribution >= 0.6 is 0 Å². The number of para-hydroxylation sites is 2. The van der Waals surface area contributed by atoms with Crippen LogP contribution in [0.4, 0.5) is 5.69 Å². The van der Waals surface area contributed by atoms with Gasteiger partial charge in [0.05, 0.1) is 5.69 Å². The summed E-state index contributed by atoms with van der Waals surface area (Å²) in [7, 11) is 0. The molecule has 0 saturated heterocycles. The molecular weight excluding hydrogens is 202 g/mol. The summed E-state index contributed by atoms with van der Waals surface area (Å²) in [6.07, 6.45) is 3.43. The summed E-state index contributed by atoms with van der Waals surface area (Å²) in [5.74, 6) is -0.429. The number of hydrogen-bond acceptors (Lipinski definition) is 3. The zero-order valence-electron chi connectivity index (χ0n) is 9.94. The number of fused-ring (bicyclic) bond motifs is 1. The molecule has 16 heavy (non-hydrogen) atoms. The van der Waals surface area contributed by atoms with Crippen LogP contribution in [0, 0.1) is 0 Å². The number of rotatable bonds is 4. The molecule has 2 rings (SSSR count). The van der Waals surface area contributed by atoms with E-state index in [4.69, 9.17) is 4.74 Å². The van der Waals surface area contributed by atoms with Crippen LogP contribution in [0.25, 0.3) is 0 Å². The molecule has 0 spiro atoms. The predicted molar refractivity (Wildman–Crippen MR) is 64.6 cm³/mol. The molecule has 0 aliphatic carbocycles. The second-order valence-electron chi connectivity index (χ2n) is 4.36. The molecule has 1 aromatic rings. The van der Waals surface area contributed by atoms with Crippen LogP contribution in [0.2, 0.25) is 0 Å². The van der Waals surface area contributed by atoms with Crippen molar-refractivity contribution in [3.8, 4) is 5.75 Å². The van der Waals surface area contributed by atoms with Crippen LogP contribution in [0.5, 0.6) is 5.75 Å². The van der Waals surface area contributed by atoms with Crippen molar-refractivity contribution in [1.29, 1.82) is 0 Å². The van der Waals surface area contributed by atoms with E-state index in [1.165, 1.54) is 12.8 Å². The highest BCUT2D eigenvalue weighted by molar-refractivity contribution is 5.62. The molecule has 0 fully saturated rings. The van der Waals surface area contributed by atoms with Crippen LogP contribution in [0.1, 0.15) is 33.1 Å². The summed E-state index contributed by atoms with van der Waals surface area (Å²) >= 11 is 0. The highest BCUT2D eigenvalue weighted by atomic mass is 16.7. The Morgan fingerprint density at radius 1 is 1.31 bits per heavy atom. The van der Waals surface area contributed by atoms with Crippen molar-refractivity contribution in [3.63, 3.8) is 0 Å². The summed E-state index contributed by atoms with van der Waals surface area (Å²) in [5.41, 5.74) is 0.989. The smallest absolute Gasteiger partial charge is 0.289 e. The number of ether oxygens (including phenoxy) is 1. The minimum Gasteiger partial charge on any atom is -0.442 e. The Balaban J connectivity index is 2.15. The quantitative estimate of drug-likeness (QED) is 0.793. The van der Waals surface area contributed by atoms with Gasteiger partial charge in [-0.3, -0.25) is 0 Å². The van der Waals surface area contributed by atoms with Crippen LogP contribution in [-0.2, 0) is 0 Å². The fraction of sp³-hybridized carbons (Fsp3) is 0.538. The molecule has 0 unspecified atom stereocenters. The molecule has 0 saturated carbocycles. The molecular formula is C13H19NO2. The van der Waals surface area contributed by atoms with E-state index >= 15 is 0 Å². The minimum absolute atomic E-state index is 0.768. The van der Waals surface area contributed by atoms with E-state index in [1.54, 1.807) is 6.92 Å². The Labute approximate surface area is 96.6 Å². The van der Waals surface area contributed by atoms with Crippen LogP contribution in [0.15, 0.2) is 24.3 Å². The Morgan fingerprint density at radius 3 is 2.81 bits per heavy atom. The Hall–Kier alpha value is -1.22. The molecule has 88 valence electrons. The zero-order valence-corrected chi connectivity index (χ0v) is 9.94. The van der Waals surface area contributed by atoms with E-state index in [0.29, 0.717) is 0 Å². The third kappa shape index (κ3) is 2.00. The van der Waals surface area contributed by atoms with Crippen LogP contribution in [-0.4, -0.2) is 17.6 Å². The average Bonchev–Trinajstić information content (AvgIpc) is 2.50. The maximum Gasteiger partial charge on any atom is 0.289 e. The van der Waals surface area contributed by atoms with Crippen molar-refractivity contribution < 1.29 is 9.84 Å². The van der Waals surface area contributed by atoms with Crippen LogP contribution < -0.4 is 9.64 Å². The average molecular weight is 221 g/mol. The summed E-state index contributed by atoms with van der Waals surface area (Å²) in [4.78, 5) is 1.93. The molecule has 1 aliphatic rings. The topological polar surface area (TPSA) is 32.7 Å². The largest absolute Gasteiger partial charge is 0.442 e. The fourth-order valence-corrected chi connectivity index (χ4v) is 2.10.